The van der Waals surface area contributed by atoms with Crippen LogP contribution in [0.2, 0.25) is 0 Å². The number of nitrogens with zero attached hydrogens (tertiary/aromatic N) is 4. The van der Waals surface area contributed by atoms with Gasteiger partial charge in [-0.3, -0.25) is 14.5 Å². The summed E-state index contributed by atoms with van der Waals surface area (Å²) in [5.74, 6) is 1.21. The Morgan fingerprint density at radius 1 is 1.05 bits per heavy atom. The van der Waals surface area contributed by atoms with Gasteiger partial charge in [-0.15, -0.1) is 0 Å². The maximum absolute atomic E-state index is 12.9. The quantitative estimate of drug-likeness (QED) is 0.421. The number of carbonyl (C=O) groups is 1. The van der Waals surface area contributed by atoms with Gasteiger partial charge in [0.15, 0.2) is 5.82 Å². The first kappa shape index (κ1) is 26.9. The van der Waals surface area contributed by atoms with Crippen molar-refractivity contribution >= 4 is 23.2 Å². The van der Waals surface area contributed by atoms with Crippen LogP contribution in [0.1, 0.15) is 67.9 Å². The summed E-state index contributed by atoms with van der Waals surface area (Å²) in [6.07, 6.45) is 6.19. The number of pyridine rings is 1. The Bertz CT molecular complexity index is 1320. The molecule has 5 rings (SSSR count). The minimum Gasteiger partial charge on any atom is -0.353 e. The zero-order valence-electron chi connectivity index (χ0n) is 23.2. The van der Waals surface area contributed by atoms with Crippen molar-refractivity contribution in [2.45, 2.75) is 64.5 Å². The molecule has 0 saturated carbocycles. The molecule has 2 aromatic heterocycles. The maximum Gasteiger partial charge on any atom is 0.288 e. The Balaban J connectivity index is 1.21. The van der Waals surface area contributed by atoms with Gasteiger partial charge < -0.3 is 15.5 Å². The van der Waals surface area contributed by atoms with Gasteiger partial charge in [-0.25, -0.2) is 10.1 Å². The van der Waals surface area contributed by atoms with E-state index in [1.165, 1.54) is 24.0 Å². The first-order valence-electron chi connectivity index (χ1n) is 13.9. The monoisotopic (exact) mass is 529 g/mol. The van der Waals surface area contributed by atoms with Gasteiger partial charge in [-0.2, -0.15) is 5.10 Å². The number of hydrogen-bond donors (Lipinski definition) is 3. The molecule has 1 aromatic carbocycles. The van der Waals surface area contributed by atoms with Crippen LogP contribution in [-0.4, -0.2) is 58.2 Å². The molecule has 3 aromatic rings. The molecule has 9 heteroatoms. The topological polar surface area (TPSA) is 106 Å². The molecule has 0 bridgehead atoms. The predicted octanol–water partition coefficient (Wildman–Crippen LogP) is 4.20. The number of piperidine rings is 1. The van der Waals surface area contributed by atoms with E-state index in [0.717, 1.165) is 39.0 Å². The standard InChI is InChI=1S/C30H39N7O2/c1-30(2,3)23-11-9-22(10-12-23)28(38)32-24-7-6-16-37(20-24)27-17-25(29(39)35-34-27)33-26-13-8-21(18-31-26)19-36-14-4-5-15-36/h8-13,17-18,24H,4-7,14-16,19-20H2,1-3H3,(H,32,38)(H,35,39)(H,31,33,34)/t24-/m1/s1. The molecule has 9 nitrogen and oxygen atoms in total. The lowest BCUT2D eigenvalue weighted by molar-refractivity contribution is 0.0933. The normalized spacial score (nSPS) is 18.2. The lowest BCUT2D eigenvalue weighted by Gasteiger charge is -2.34. The first-order valence-corrected chi connectivity index (χ1v) is 13.9. The van der Waals surface area contributed by atoms with Crippen LogP contribution in [0.3, 0.4) is 0 Å². The molecule has 4 heterocycles. The molecule has 0 aliphatic carbocycles. The fourth-order valence-corrected chi connectivity index (χ4v) is 5.27. The Hall–Kier alpha value is -3.72. The van der Waals surface area contributed by atoms with E-state index in [4.69, 9.17) is 0 Å². The molecule has 2 fully saturated rings. The number of anilines is 3. The highest BCUT2D eigenvalue weighted by molar-refractivity contribution is 5.94. The third-order valence-electron chi connectivity index (χ3n) is 7.58. The molecule has 0 radical (unpaired) electrons. The van der Waals surface area contributed by atoms with Gasteiger partial charge in [-0.1, -0.05) is 39.0 Å². The smallest absolute Gasteiger partial charge is 0.288 e. The molecule has 3 N–H and O–H groups in total. The zero-order valence-corrected chi connectivity index (χ0v) is 23.2. The summed E-state index contributed by atoms with van der Waals surface area (Å²) >= 11 is 0. The number of carbonyl (C=O) groups excluding carboxylic acids is 1. The minimum atomic E-state index is -0.303. The molecular weight excluding hydrogens is 490 g/mol. The molecule has 0 unspecified atom stereocenters. The van der Waals surface area contributed by atoms with E-state index in [1.807, 2.05) is 36.5 Å². The Morgan fingerprint density at radius 3 is 2.51 bits per heavy atom. The second-order valence-electron chi connectivity index (χ2n) is 11.7. The summed E-state index contributed by atoms with van der Waals surface area (Å²) in [5, 5.41) is 13.2. The van der Waals surface area contributed by atoms with Crippen molar-refractivity contribution in [1.29, 1.82) is 0 Å². The molecule has 206 valence electrons. The highest BCUT2D eigenvalue weighted by atomic mass is 16.1. The summed E-state index contributed by atoms with van der Waals surface area (Å²) in [4.78, 5) is 34.5. The van der Waals surface area contributed by atoms with Crippen LogP contribution in [0.5, 0.6) is 0 Å². The van der Waals surface area contributed by atoms with Crippen LogP contribution < -0.4 is 21.1 Å². The number of aromatic amines is 1. The van der Waals surface area contributed by atoms with Crippen molar-refractivity contribution in [2.24, 2.45) is 0 Å². The molecule has 1 amide bonds. The number of hydrogen-bond acceptors (Lipinski definition) is 7. The van der Waals surface area contributed by atoms with E-state index in [1.54, 1.807) is 6.07 Å². The Kier molecular flexibility index (Phi) is 7.97. The molecule has 1 atom stereocenters. The molecule has 0 spiro atoms. The second kappa shape index (κ2) is 11.6. The average Bonchev–Trinajstić information content (AvgIpc) is 3.44. The number of amides is 1. The van der Waals surface area contributed by atoms with E-state index in [9.17, 15) is 9.59 Å². The maximum atomic E-state index is 12.9. The van der Waals surface area contributed by atoms with Crippen molar-refractivity contribution in [1.82, 2.24) is 25.4 Å². The zero-order chi connectivity index (χ0) is 27.4. The number of rotatable bonds is 7. The van der Waals surface area contributed by atoms with Gasteiger partial charge in [0.05, 0.1) is 0 Å². The van der Waals surface area contributed by atoms with Crippen LogP contribution in [0, 0.1) is 0 Å². The molecule has 39 heavy (non-hydrogen) atoms. The van der Waals surface area contributed by atoms with E-state index in [-0.39, 0.29) is 22.9 Å². The highest BCUT2D eigenvalue weighted by Gasteiger charge is 2.24. The van der Waals surface area contributed by atoms with Gasteiger partial charge in [-0.05, 0) is 73.5 Å². The molecule has 2 saturated heterocycles. The van der Waals surface area contributed by atoms with Crippen LogP contribution in [0.4, 0.5) is 17.3 Å². The third-order valence-corrected chi connectivity index (χ3v) is 7.58. The minimum absolute atomic E-state index is 0.0106. The summed E-state index contributed by atoms with van der Waals surface area (Å²) < 4.78 is 0. The lowest BCUT2D eigenvalue weighted by atomic mass is 9.86. The van der Waals surface area contributed by atoms with Gasteiger partial charge >= 0.3 is 0 Å². The van der Waals surface area contributed by atoms with Crippen LogP contribution in [0.25, 0.3) is 0 Å². The van der Waals surface area contributed by atoms with Crippen molar-refractivity contribution in [3.05, 3.63) is 75.7 Å². The van der Waals surface area contributed by atoms with Gasteiger partial charge in [0.1, 0.15) is 11.5 Å². The Labute approximate surface area is 230 Å². The van der Waals surface area contributed by atoms with Crippen molar-refractivity contribution in [3.8, 4) is 0 Å². The van der Waals surface area contributed by atoms with E-state index in [0.29, 0.717) is 29.4 Å². The van der Waals surface area contributed by atoms with E-state index < -0.39 is 0 Å². The lowest BCUT2D eigenvalue weighted by Crippen LogP contribution is -2.48. The molecular formula is C30H39N7O2. The summed E-state index contributed by atoms with van der Waals surface area (Å²) in [6.45, 7) is 11.1. The van der Waals surface area contributed by atoms with E-state index >= 15 is 0 Å². The second-order valence-corrected chi connectivity index (χ2v) is 11.7. The van der Waals surface area contributed by atoms with Crippen molar-refractivity contribution < 1.29 is 4.79 Å². The highest BCUT2D eigenvalue weighted by Crippen LogP contribution is 2.23. The number of aromatic nitrogens is 3. The van der Waals surface area contributed by atoms with Crippen molar-refractivity contribution in [3.63, 3.8) is 0 Å². The summed E-state index contributed by atoms with van der Waals surface area (Å²) in [6, 6.07) is 13.5. The average molecular weight is 530 g/mol. The SMILES string of the molecule is CC(C)(C)c1ccc(C(=O)N[C@@H]2CCCN(c3cc(Nc4ccc(CN5CCCC5)cn4)c(=O)[nH]n3)C2)cc1. The molecule has 2 aliphatic heterocycles. The molecule has 2 aliphatic rings. The van der Waals surface area contributed by atoms with E-state index in [2.05, 4.69) is 62.5 Å². The predicted molar refractivity (Wildman–Crippen MR) is 155 cm³/mol. The number of likely N-dealkylation sites (tertiary alicyclic amines) is 1. The number of nitrogens with one attached hydrogen (secondary N) is 3. The fourth-order valence-electron chi connectivity index (χ4n) is 5.27. The fraction of sp³-hybridized carbons (Fsp3) is 0.467. The summed E-state index contributed by atoms with van der Waals surface area (Å²) in [5.41, 5.74) is 3.16. The van der Waals surface area contributed by atoms with Gasteiger partial charge in [0.25, 0.3) is 11.5 Å². The van der Waals surface area contributed by atoms with Crippen LogP contribution in [-0.2, 0) is 12.0 Å². The van der Waals surface area contributed by atoms with Crippen LogP contribution in [0.15, 0.2) is 53.5 Å². The van der Waals surface area contributed by atoms with Gasteiger partial charge in [0.2, 0.25) is 0 Å². The van der Waals surface area contributed by atoms with Crippen molar-refractivity contribution in [2.75, 3.05) is 36.4 Å². The van der Waals surface area contributed by atoms with Crippen LogP contribution >= 0.6 is 0 Å². The Morgan fingerprint density at radius 2 is 1.82 bits per heavy atom. The number of H-pyrrole nitrogens is 1. The summed E-state index contributed by atoms with van der Waals surface area (Å²) in [7, 11) is 0. The first-order chi connectivity index (χ1) is 18.7. The largest absolute Gasteiger partial charge is 0.353 e. The van der Waals surface area contributed by atoms with Gasteiger partial charge in [0, 0.05) is 43.5 Å². The third kappa shape index (κ3) is 6.84. The number of benzene rings is 1.